The molecule has 0 aliphatic rings. The summed E-state index contributed by atoms with van der Waals surface area (Å²) in [6, 6.07) is 13.3. The molecule has 27 heavy (non-hydrogen) atoms. The molecule has 0 spiro atoms. The van der Waals surface area contributed by atoms with Crippen LogP contribution in [-0.2, 0) is 5.41 Å². The number of halogens is 2. The molecule has 0 unspecified atom stereocenters. The van der Waals surface area contributed by atoms with Crippen molar-refractivity contribution in [2.45, 2.75) is 26.2 Å². The predicted molar refractivity (Wildman–Crippen MR) is 98.3 cm³/mol. The van der Waals surface area contributed by atoms with Gasteiger partial charge in [0.2, 0.25) is 0 Å². The number of hydrogen-bond donors (Lipinski definition) is 1. The molecule has 3 aromatic rings. The summed E-state index contributed by atoms with van der Waals surface area (Å²) in [6.45, 7) is 5.81. The second-order valence-electron chi connectivity index (χ2n) is 7.00. The van der Waals surface area contributed by atoms with E-state index in [0.717, 1.165) is 12.1 Å². The minimum atomic E-state index is -0.793. The number of carbonyl (C=O) groups is 1. The third-order valence-electron chi connectivity index (χ3n) is 3.80. The number of para-hydroxylation sites is 1. The summed E-state index contributed by atoms with van der Waals surface area (Å²) >= 11 is 0. The second kappa shape index (κ2) is 7.19. The Morgan fingerprint density at radius 1 is 1.07 bits per heavy atom. The molecule has 0 saturated heterocycles. The van der Waals surface area contributed by atoms with Gasteiger partial charge in [0.15, 0.2) is 5.82 Å². The van der Waals surface area contributed by atoms with Gasteiger partial charge in [-0.15, -0.1) is 0 Å². The summed E-state index contributed by atoms with van der Waals surface area (Å²) in [6.07, 6.45) is -0.745. The van der Waals surface area contributed by atoms with E-state index in [-0.39, 0.29) is 16.9 Å². The fourth-order valence-electron chi connectivity index (χ4n) is 2.40. The van der Waals surface area contributed by atoms with Crippen molar-refractivity contribution in [2.24, 2.45) is 0 Å². The molecule has 140 valence electrons. The predicted octanol–water partition coefficient (Wildman–Crippen LogP) is 5.06. The van der Waals surface area contributed by atoms with Crippen molar-refractivity contribution < 1.29 is 18.3 Å². The first-order chi connectivity index (χ1) is 12.7. The van der Waals surface area contributed by atoms with Crippen LogP contribution in [0.4, 0.5) is 19.4 Å². The molecule has 0 atom stereocenters. The Labute approximate surface area is 155 Å². The van der Waals surface area contributed by atoms with E-state index >= 15 is 0 Å². The molecule has 2 aromatic carbocycles. The first-order valence-corrected chi connectivity index (χ1v) is 8.34. The zero-order chi connectivity index (χ0) is 19.6. The number of nitrogens with one attached hydrogen (secondary N) is 1. The fraction of sp³-hybridized carbons (Fsp3) is 0.200. The van der Waals surface area contributed by atoms with Gasteiger partial charge in [0, 0.05) is 17.5 Å². The fourth-order valence-corrected chi connectivity index (χ4v) is 2.40. The highest BCUT2D eigenvalue weighted by molar-refractivity contribution is 5.85. The number of benzene rings is 2. The van der Waals surface area contributed by atoms with Gasteiger partial charge in [-0.3, -0.25) is 5.32 Å². The molecule has 1 amide bonds. The van der Waals surface area contributed by atoms with Crippen LogP contribution < -0.4 is 10.1 Å². The van der Waals surface area contributed by atoms with Crippen LogP contribution >= 0.6 is 0 Å². The highest BCUT2D eigenvalue weighted by Crippen LogP contribution is 2.27. The van der Waals surface area contributed by atoms with Gasteiger partial charge >= 0.3 is 6.09 Å². The van der Waals surface area contributed by atoms with E-state index in [0.29, 0.717) is 11.4 Å². The molecule has 0 bridgehead atoms. The smallest absolute Gasteiger partial charge is 0.410 e. The molecule has 0 radical (unpaired) electrons. The summed E-state index contributed by atoms with van der Waals surface area (Å²) < 4.78 is 33.9. The van der Waals surface area contributed by atoms with Crippen LogP contribution in [-0.4, -0.2) is 15.9 Å². The lowest BCUT2D eigenvalue weighted by atomic mass is 9.92. The summed E-state index contributed by atoms with van der Waals surface area (Å²) in [7, 11) is 0. The van der Waals surface area contributed by atoms with Crippen molar-refractivity contribution in [2.75, 3.05) is 5.32 Å². The Morgan fingerprint density at radius 3 is 2.41 bits per heavy atom. The number of ether oxygens (including phenoxy) is 1. The molecule has 0 saturated carbocycles. The minimum absolute atomic E-state index is 0.0157. The first-order valence-electron chi connectivity index (χ1n) is 8.34. The van der Waals surface area contributed by atoms with E-state index in [2.05, 4.69) is 10.4 Å². The monoisotopic (exact) mass is 371 g/mol. The van der Waals surface area contributed by atoms with Crippen LogP contribution in [0, 0.1) is 11.6 Å². The van der Waals surface area contributed by atoms with E-state index in [1.54, 1.807) is 36.4 Å². The van der Waals surface area contributed by atoms with Gasteiger partial charge < -0.3 is 4.74 Å². The van der Waals surface area contributed by atoms with Crippen molar-refractivity contribution in [3.63, 3.8) is 0 Å². The number of hydrogen-bond acceptors (Lipinski definition) is 3. The largest absolute Gasteiger partial charge is 0.418 e. The van der Waals surface area contributed by atoms with Crippen LogP contribution in [0.3, 0.4) is 0 Å². The van der Waals surface area contributed by atoms with Crippen LogP contribution in [0.15, 0.2) is 54.6 Å². The average Bonchev–Trinajstić information content (AvgIpc) is 2.99. The van der Waals surface area contributed by atoms with Crippen molar-refractivity contribution in [1.82, 2.24) is 9.78 Å². The van der Waals surface area contributed by atoms with Gasteiger partial charge in [-0.05, 0) is 24.3 Å². The third-order valence-corrected chi connectivity index (χ3v) is 3.80. The van der Waals surface area contributed by atoms with Gasteiger partial charge in [0.05, 0.1) is 5.69 Å². The molecular weight excluding hydrogens is 352 g/mol. The van der Waals surface area contributed by atoms with Crippen LogP contribution in [0.1, 0.15) is 26.5 Å². The Kier molecular flexibility index (Phi) is 4.94. The van der Waals surface area contributed by atoms with E-state index < -0.39 is 17.7 Å². The lowest BCUT2D eigenvalue weighted by molar-refractivity contribution is 0.215. The Balaban J connectivity index is 1.95. The van der Waals surface area contributed by atoms with E-state index in [4.69, 9.17) is 4.74 Å². The Morgan fingerprint density at radius 2 is 1.78 bits per heavy atom. The highest BCUT2D eigenvalue weighted by Gasteiger charge is 2.23. The average molecular weight is 371 g/mol. The molecule has 1 heterocycles. The van der Waals surface area contributed by atoms with Gasteiger partial charge in [-0.25, -0.2) is 18.3 Å². The zero-order valence-corrected chi connectivity index (χ0v) is 15.2. The van der Waals surface area contributed by atoms with Gasteiger partial charge in [-0.2, -0.15) is 5.10 Å². The summed E-state index contributed by atoms with van der Waals surface area (Å²) in [5.41, 5.74) is 0.296. The standard InChI is InChI=1S/C20H19F2N3O2/c1-20(2,3)17-12-18(23-19(26)27-14-7-5-4-6-8-14)25(24-17)16-10-9-13(21)11-15(16)22/h4-12H,1-3H3,(H,23,26). The highest BCUT2D eigenvalue weighted by atomic mass is 19.1. The minimum Gasteiger partial charge on any atom is -0.410 e. The maximum atomic E-state index is 14.3. The van der Waals surface area contributed by atoms with E-state index in [9.17, 15) is 13.6 Å². The lowest BCUT2D eigenvalue weighted by Crippen LogP contribution is -2.19. The van der Waals surface area contributed by atoms with Crippen molar-refractivity contribution in [3.8, 4) is 11.4 Å². The van der Waals surface area contributed by atoms with Crippen molar-refractivity contribution in [3.05, 3.63) is 71.9 Å². The van der Waals surface area contributed by atoms with Crippen molar-refractivity contribution >= 4 is 11.9 Å². The summed E-state index contributed by atoms with van der Waals surface area (Å²) in [5.74, 6) is -0.910. The van der Waals surface area contributed by atoms with Gasteiger partial charge in [0.25, 0.3) is 0 Å². The normalized spacial score (nSPS) is 11.3. The number of aromatic nitrogens is 2. The number of amides is 1. The number of nitrogens with zero attached hydrogens (tertiary/aromatic N) is 2. The van der Waals surface area contributed by atoms with Crippen LogP contribution in [0.25, 0.3) is 5.69 Å². The van der Waals surface area contributed by atoms with Gasteiger partial charge in [-0.1, -0.05) is 39.0 Å². The summed E-state index contributed by atoms with van der Waals surface area (Å²) in [4.78, 5) is 12.2. The summed E-state index contributed by atoms with van der Waals surface area (Å²) in [5, 5.41) is 6.96. The molecule has 0 aliphatic heterocycles. The van der Waals surface area contributed by atoms with Crippen LogP contribution in [0.2, 0.25) is 0 Å². The molecule has 1 aromatic heterocycles. The zero-order valence-electron chi connectivity index (χ0n) is 15.2. The second-order valence-corrected chi connectivity index (χ2v) is 7.00. The molecule has 3 rings (SSSR count). The molecule has 7 heteroatoms. The molecule has 0 aliphatic carbocycles. The first kappa shape index (κ1) is 18.6. The molecule has 0 fully saturated rings. The number of rotatable bonds is 3. The van der Waals surface area contributed by atoms with Crippen LogP contribution in [0.5, 0.6) is 5.75 Å². The van der Waals surface area contributed by atoms with Gasteiger partial charge in [0.1, 0.15) is 23.1 Å². The Hall–Kier alpha value is -3.22. The van der Waals surface area contributed by atoms with E-state index in [1.165, 1.54) is 10.7 Å². The lowest BCUT2D eigenvalue weighted by Gasteiger charge is -2.14. The molecule has 5 nitrogen and oxygen atoms in total. The maximum Gasteiger partial charge on any atom is 0.418 e. The molecular formula is C20H19F2N3O2. The third kappa shape index (κ3) is 4.31. The number of carbonyl (C=O) groups excluding carboxylic acids is 1. The van der Waals surface area contributed by atoms with Crippen molar-refractivity contribution in [1.29, 1.82) is 0 Å². The number of anilines is 1. The SMILES string of the molecule is CC(C)(C)c1cc(NC(=O)Oc2ccccc2)n(-c2ccc(F)cc2F)n1. The maximum absolute atomic E-state index is 14.3. The molecule has 1 N–H and O–H groups in total. The van der Waals surface area contributed by atoms with E-state index in [1.807, 2.05) is 20.8 Å². The Bertz CT molecular complexity index is 963. The quantitative estimate of drug-likeness (QED) is 0.700. The topological polar surface area (TPSA) is 56.1 Å².